The van der Waals surface area contributed by atoms with Gasteiger partial charge in [0.25, 0.3) is 11.1 Å². The van der Waals surface area contributed by atoms with Gasteiger partial charge in [-0.3, -0.25) is 65.0 Å². The third-order valence-corrected chi connectivity index (χ3v) is 19.0. The Bertz CT molecular complexity index is 4110. The Labute approximate surface area is 618 Å². The molecule has 0 amide bonds. The van der Waals surface area contributed by atoms with Gasteiger partial charge in [0.1, 0.15) is 85.0 Å². The number of nitrogens with one attached hydrogen (secondary N) is 4. The monoisotopic (exact) mass is 1520 g/mol. The first-order chi connectivity index (χ1) is 41.8. The first-order valence-corrected chi connectivity index (χ1v) is 32.0. The zero-order valence-corrected chi connectivity index (χ0v) is 55.4. The number of imidazole rings is 4. The van der Waals surface area contributed by atoms with Gasteiger partial charge in [-0.15, -0.1) is 0 Å². The number of aromatic nitrogens is 16. The number of phosphoric acid groups is 2. The van der Waals surface area contributed by atoms with Crippen LogP contribution in [0.2, 0.25) is 0 Å². The Hall–Kier alpha value is -4.88. The van der Waals surface area contributed by atoms with Crippen molar-refractivity contribution < 1.29 is 156 Å². The first-order valence-electron chi connectivity index (χ1n) is 25.9. The van der Waals surface area contributed by atoms with Crippen LogP contribution in [0, 0.1) is 0 Å². The van der Waals surface area contributed by atoms with E-state index in [1.807, 2.05) is 0 Å². The summed E-state index contributed by atoms with van der Waals surface area (Å²) in [5.41, 5.74) is 22.6. The van der Waals surface area contributed by atoms with Crippen LogP contribution in [0.25, 0.3) is 44.7 Å². The Morgan fingerprint density at radius 1 is 0.460 bits per heavy atom. The topological polar surface area (TPSA) is 694 Å². The number of fused-ring (bicyclic) bond motifs is 10. The molecule has 24 N–H and O–H groups in total. The van der Waals surface area contributed by atoms with Crippen LogP contribution in [0.3, 0.4) is 0 Å². The molecule has 8 aromatic heterocycles. The molecule has 18 unspecified atom stereocenters. The number of H-pyrrole nitrogens is 2. The van der Waals surface area contributed by atoms with E-state index in [9.17, 15) is 57.6 Å². The Morgan fingerprint density at radius 3 is 1.15 bits per heavy atom. The molecule has 0 saturated carbocycles. The zero-order valence-electron chi connectivity index (χ0n) is 49.8. The minimum Gasteiger partial charge on any atom is -1.00 e. The minimum absolute atomic E-state index is 0. The van der Waals surface area contributed by atoms with Crippen molar-refractivity contribution in [2.24, 2.45) is 0 Å². The van der Waals surface area contributed by atoms with E-state index in [1.54, 1.807) is 0 Å². The maximum atomic E-state index is 13.2. The molecule has 14 rings (SSSR count). The van der Waals surface area contributed by atoms with Crippen molar-refractivity contribution in [2.75, 3.05) is 49.4 Å². The van der Waals surface area contributed by atoms with Crippen molar-refractivity contribution in [2.45, 2.75) is 158 Å². The van der Waals surface area contributed by atoms with Crippen LogP contribution in [-0.4, -0.2) is 195 Å². The van der Waals surface area contributed by atoms with E-state index in [2.05, 4.69) is 70.0 Å². The average molecular weight is 1530 g/mol. The molecule has 8 aromatic rings. The van der Waals surface area contributed by atoms with E-state index in [0.29, 0.717) is 22.3 Å². The predicted octanol–water partition coefficient (Wildman–Crippen LogP) is -3.83. The fourth-order valence-electron chi connectivity index (χ4n) is 10.7. The quantitative estimate of drug-likeness (QED) is 0.0593. The standard InChI is InChI=1S/2C20H25N11O11P2.8CH4.2H3N.2Na.2H/c2*21-15-11-16(24-4-23-15)30(5-25-11)10-1-7-8(40-10)2-39-44(36,37)42-14-13(32)9(3-38-43(34,35)29-7)41-19(14)31-6-26-12-17(31)27-20(22)28-18(12)33;;;;;;;;;;;;;;/h2*4-10,13-14,19,32H,1-3H2,(H,36,37)(H2,21,23,24)(H2,29,34,35)(H3,22,27,28,33);8*1H4;2*1H3;;;;/q;;;;;;;;;;;;2*+1;2*-1. The van der Waals surface area contributed by atoms with Crippen LogP contribution in [0.15, 0.2) is 47.6 Å². The van der Waals surface area contributed by atoms with Gasteiger partial charge in [-0.25, -0.2) is 68.3 Å². The number of ether oxygens (including phenoxy) is 4. The van der Waals surface area contributed by atoms with Gasteiger partial charge in [0.2, 0.25) is 11.9 Å². The van der Waals surface area contributed by atoms with Crippen LogP contribution in [0.1, 0.15) is 100 Å². The van der Waals surface area contributed by atoms with Crippen LogP contribution >= 0.6 is 31.1 Å². The normalized spacial score (nSPS) is 32.2. The van der Waals surface area contributed by atoms with E-state index >= 15 is 0 Å². The molecule has 100 heavy (non-hydrogen) atoms. The maximum absolute atomic E-state index is 13.2. The number of aliphatic hydroxyl groups is 2. The smallest absolute Gasteiger partial charge is 1.00 e. The Kier molecular flexibility index (Phi) is 33.3. The van der Waals surface area contributed by atoms with Crippen LogP contribution in [0.5, 0.6) is 0 Å². The van der Waals surface area contributed by atoms with Gasteiger partial charge in [0, 0.05) is 12.8 Å². The van der Waals surface area contributed by atoms with E-state index in [4.69, 9.17) is 69.0 Å². The molecular weight excluding hydrogens is 1430 g/mol. The van der Waals surface area contributed by atoms with Gasteiger partial charge in [0.05, 0.1) is 63.8 Å². The number of aliphatic hydroxyl groups excluding tert-OH is 2. The van der Waals surface area contributed by atoms with Crippen molar-refractivity contribution in [3.63, 3.8) is 0 Å². The second-order valence-corrected chi connectivity index (χ2v) is 26.3. The van der Waals surface area contributed by atoms with Crippen LogP contribution in [-0.2, 0) is 64.4 Å². The van der Waals surface area contributed by atoms with E-state index in [1.165, 1.54) is 34.4 Å². The molecule has 0 radical (unpaired) electrons. The predicted molar refractivity (Wildman–Crippen MR) is 354 cm³/mol. The summed E-state index contributed by atoms with van der Waals surface area (Å²) in [5, 5.41) is 27.0. The largest absolute Gasteiger partial charge is 1.00 e. The summed E-state index contributed by atoms with van der Waals surface area (Å²) >= 11 is 0. The van der Waals surface area contributed by atoms with Crippen LogP contribution < -0.4 is 116 Å². The Balaban J connectivity index is 0. The number of rotatable bonds is 4. The van der Waals surface area contributed by atoms with Crippen molar-refractivity contribution in [3.8, 4) is 0 Å². The number of nitrogens with two attached hydrogens (primary N) is 4. The molecule has 0 aliphatic carbocycles. The zero-order chi connectivity index (χ0) is 61.9. The molecule has 6 saturated heterocycles. The summed E-state index contributed by atoms with van der Waals surface area (Å²) in [5.74, 6) is -0.242. The van der Waals surface area contributed by atoms with Gasteiger partial charge in [-0.05, 0) is 0 Å². The number of hydrogen-bond donors (Lipinski definition) is 16. The van der Waals surface area contributed by atoms with Gasteiger partial charge in [0.15, 0.2) is 57.7 Å². The van der Waals surface area contributed by atoms with Gasteiger partial charge in [-0.2, -0.15) is 9.97 Å². The van der Waals surface area contributed by atoms with Crippen molar-refractivity contribution >= 4 is 99.3 Å². The first kappa shape index (κ1) is 93.1. The number of nitrogens with zero attached hydrogens (tertiary/aromatic N) is 14. The Morgan fingerprint density at radius 2 is 0.790 bits per heavy atom. The molecule has 0 spiro atoms. The SMILES string of the molecule is C.C.C.C.C.C.C.C.N.N.Nc1nc2c(ncn2C2OC3COP(=O)(O)NC4CC(n5cnc6c(N)ncnc65)OC4COP(=O)(O)OC2C3O)c(=O)[nH]1.Nc1nc2c(ncn2C2OC3COP(=O)(O)NC4CC(n5cnc6c(N)ncnc65)OC4COP(=O)(O)OC2C3O)c(=O)[nH]1.[H-].[H-].[Na+].[Na+]. The number of aromatic amines is 2. The molecule has 6 fully saturated rings. The number of nitrogen functional groups attached to an aromatic ring is 4. The van der Waals surface area contributed by atoms with Crippen LogP contribution in [0.4, 0.5) is 23.5 Å². The van der Waals surface area contributed by atoms with Crippen molar-refractivity contribution in [1.29, 1.82) is 0 Å². The number of phosphoric ester groups is 2. The third-order valence-electron chi connectivity index (χ3n) is 14.7. The second-order valence-electron chi connectivity index (χ2n) is 20.3. The molecule has 18 atom stereocenters. The van der Waals surface area contributed by atoms with E-state index in [0.717, 1.165) is 21.8 Å². The molecule has 52 heteroatoms. The van der Waals surface area contributed by atoms with Crippen molar-refractivity contribution in [3.05, 3.63) is 58.7 Å². The molecule has 0 aromatic carbocycles. The summed E-state index contributed by atoms with van der Waals surface area (Å²) in [7, 11) is -19.2. The van der Waals surface area contributed by atoms with E-state index in [-0.39, 0.29) is 192 Å². The molecule has 556 valence electrons. The summed E-state index contributed by atoms with van der Waals surface area (Å²) in [6.07, 6.45) is -8.43. The summed E-state index contributed by atoms with van der Waals surface area (Å²) < 4.78 is 114. The summed E-state index contributed by atoms with van der Waals surface area (Å²) in [6, 6.07) is -1.90. The van der Waals surface area contributed by atoms with Gasteiger partial charge < -0.3 is 86.8 Å². The second kappa shape index (κ2) is 35.7. The average Bonchev–Trinajstić information content (AvgIpc) is 1.63. The molecule has 14 heterocycles. The molecule has 46 nitrogen and oxygen atoms in total. The van der Waals surface area contributed by atoms with Gasteiger partial charge >= 0.3 is 90.3 Å². The number of hydrogen-bond acceptors (Lipinski definition) is 34. The molecular formula is C48H90N24Na2O22P4. The molecule has 6 aliphatic heterocycles. The van der Waals surface area contributed by atoms with Crippen molar-refractivity contribution in [1.82, 2.24) is 101 Å². The minimum atomic E-state index is -4.98. The summed E-state index contributed by atoms with van der Waals surface area (Å²) in [6.45, 7) is -2.54. The number of anilines is 4. The summed E-state index contributed by atoms with van der Waals surface area (Å²) in [4.78, 5) is 112. The molecule has 4 bridgehead atoms. The fraction of sp³-hybridized carbons (Fsp3) is 0.583. The maximum Gasteiger partial charge on any atom is 1.00 e. The van der Waals surface area contributed by atoms with Gasteiger partial charge in [-0.1, -0.05) is 59.4 Å². The fourth-order valence-corrected chi connectivity index (χ4v) is 14.8. The third kappa shape index (κ3) is 18.4. The molecule has 6 aliphatic rings. The van der Waals surface area contributed by atoms with E-state index < -0.39 is 155 Å².